The van der Waals surface area contributed by atoms with Crippen molar-refractivity contribution in [1.82, 2.24) is 0 Å². The Labute approximate surface area is 204 Å². The zero-order chi connectivity index (χ0) is 24.6. The van der Waals surface area contributed by atoms with Crippen LogP contribution in [0.25, 0.3) is 28.3 Å². The number of hydrogen-bond acceptors (Lipinski definition) is 4. The number of hydrogen-bond donors (Lipinski definition) is 0. The summed E-state index contributed by atoms with van der Waals surface area (Å²) in [7, 11) is 0. The highest BCUT2D eigenvalue weighted by molar-refractivity contribution is 5.89. The van der Waals surface area contributed by atoms with E-state index in [1.807, 2.05) is 66.7 Å². The third-order valence-corrected chi connectivity index (χ3v) is 5.25. The van der Waals surface area contributed by atoms with Gasteiger partial charge in [-0.2, -0.15) is 0 Å². The molecule has 0 aromatic heterocycles. The quantitative estimate of drug-likeness (QED) is 0.167. The lowest BCUT2D eigenvalue weighted by atomic mass is 10.0. The molecule has 0 aliphatic heterocycles. The smallest absolute Gasteiger partial charge is 0.338 e. The minimum absolute atomic E-state index is 0.343. The molecule has 0 aliphatic rings. The van der Waals surface area contributed by atoms with Crippen LogP contribution in [-0.4, -0.2) is 11.9 Å². The number of carbonyl (C=O) groups excluding carboxylic acids is 2. The molecule has 4 rings (SSSR count). The summed E-state index contributed by atoms with van der Waals surface area (Å²) in [6.07, 6.45) is 3.14. The summed E-state index contributed by atoms with van der Waals surface area (Å²) in [4.78, 5) is 23.9. The van der Waals surface area contributed by atoms with Gasteiger partial charge in [-0.1, -0.05) is 85.4 Å². The molecule has 0 bridgehead atoms. The number of benzene rings is 4. The Balaban J connectivity index is 1.33. The Bertz CT molecular complexity index is 1350. The molecular weight excluding hydrogens is 436 g/mol. The number of ether oxygens (including phenoxy) is 2. The van der Waals surface area contributed by atoms with Gasteiger partial charge >= 0.3 is 11.9 Å². The van der Waals surface area contributed by atoms with E-state index >= 15 is 0 Å². The van der Waals surface area contributed by atoms with Crippen molar-refractivity contribution in [2.75, 3.05) is 0 Å². The van der Waals surface area contributed by atoms with Crippen LogP contribution in [-0.2, 0) is 9.59 Å². The van der Waals surface area contributed by atoms with Crippen LogP contribution in [0.1, 0.15) is 12.5 Å². The van der Waals surface area contributed by atoms with Crippen molar-refractivity contribution in [3.05, 3.63) is 127 Å². The monoisotopic (exact) mass is 460 g/mol. The maximum Gasteiger partial charge on any atom is 0.338 e. The molecule has 0 saturated carbocycles. The van der Waals surface area contributed by atoms with Crippen LogP contribution in [0, 0.1) is 0 Å². The fourth-order valence-corrected chi connectivity index (χ4v) is 3.36. The molecule has 0 atom stereocenters. The third-order valence-electron chi connectivity index (χ3n) is 5.25. The Morgan fingerprint density at radius 1 is 0.629 bits per heavy atom. The summed E-state index contributed by atoms with van der Waals surface area (Å²) in [6, 6.07) is 32.5. The van der Waals surface area contributed by atoms with Crippen molar-refractivity contribution >= 4 is 18.0 Å². The van der Waals surface area contributed by atoms with Gasteiger partial charge in [0.05, 0.1) is 0 Å². The molecule has 0 aliphatic carbocycles. The first kappa shape index (κ1) is 23.5. The van der Waals surface area contributed by atoms with Crippen molar-refractivity contribution in [3.8, 4) is 33.8 Å². The number of carbonyl (C=O) groups is 2. The summed E-state index contributed by atoms with van der Waals surface area (Å²) < 4.78 is 10.6. The minimum Gasteiger partial charge on any atom is -0.423 e. The fourth-order valence-electron chi connectivity index (χ4n) is 3.36. The average Bonchev–Trinajstić information content (AvgIpc) is 2.89. The normalized spacial score (nSPS) is 10.7. The summed E-state index contributed by atoms with van der Waals surface area (Å²) in [5, 5.41) is 0. The molecule has 4 nitrogen and oxygen atoms in total. The molecule has 4 aromatic rings. The summed E-state index contributed by atoms with van der Waals surface area (Å²) >= 11 is 0. The van der Waals surface area contributed by atoms with Crippen molar-refractivity contribution in [1.29, 1.82) is 0 Å². The predicted molar refractivity (Wildman–Crippen MR) is 139 cm³/mol. The van der Waals surface area contributed by atoms with E-state index in [-0.39, 0.29) is 0 Å². The lowest BCUT2D eigenvalue weighted by Gasteiger charge is -2.07. The van der Waals surface area contributed by atoms with E-state index in [1.54, 1.807) is 37.3 Å². The van der Waals surface area contributed by atoms with Gasteiger partial charge in [0.15, 0.2) is 0 Å². The Hall–Kier alpha value is -4.70. The molecule has 4 aromatic carbocycles. The highest BCUT2D eigenvalue weighted by Crippen LogP contribution is 2.25. The standard InChI is InChI=1S/C31H24O4/c1-22(2)31(33)35-29-19-15-27(16-20-29)26-13-17-28(18-14-26)34-30(32)21-10-23-8-11-25(12-9-23)24-6-4-3-5-7-24/h3-21H,1H2,2H3/b21-10+. The van der Waals surface area contributed by atoms with E-state index in [0.717, 1.165) is 27.8 Å². The molecule has 0 N–H and O–H groups in total. The van der Waals surface area contributed by atoms with Gasteiger partial charge in [0, 0.05) is 11.6 Å². The Kier molecular flexibility index (Phi) is 7.34. The number of esters is 2. The average molecular weight is 461 g/mol. The van der Waals surface area contributed by atoms with Gasteiger partial charge in [0.25, 0.3) is 0 Å². The molecule has 0 heterocycles. The van der Waals surface area contributed by atoms with Crippen LogP contribution in [0.3, 0.4) is 0 Å². The van der Waals surface area contributed by atoms with Gasteiger partial charge < -0.3 is 9.47 Å². The van der Waals surface area contributed by atoms with Crippen LogP contribution < -0.4 is 9.47 Å². The summed E-state index contributed by atoms with van der Waals surface area (Å²) in [6.45, 7) is 5.17. The number of rotatable bonds is 7. The van der Waals surface area contributed by atoms with E-state index < -0.39 is 11.9 Å². The molecule has 0 radical (unpaired) electrons. The second-order valence-electron chi connectivity index (χ2n) is 7.96. The highest BCUT2D eigenvalue weighted by atomic mass is 16.5. The second kappa shape index (κ2) is 10.9. The van der Waals surface area contributed by atoms with E-state index in [0.29, 0.717) is 17.1 Å². The SMILES string of the molecule is C=C(C)C(=O)Oc1ccc(-c2ccc(OC(=O)/C=C/c3ccc(-c4ccccc4)cc3)cc2)cc1. The first-order valence-electron chi connectivity index (χ1n) is 11.1. The van der Waals surface area contributed by atoms with Crippen molar-refractivity contribution in [2.24, 2.45) is 0 Å². The van der Waals surface area contributed by atoms with Crippen LogP contribution >= 0.6 is 0 Å². The molecule has 0 unspecified atom stereocenters. The van der Waals surface area contributed by atoms with E-state index in [9.17, 15) is 9.59 Å². The van der Waals surface area contributed by atoms with Gasteiger partial charge in [-0.05, 0) is 65.1 Å². The molecule has 4 heteroatoms. The Morgan fingerprint density at radius 2 is 1.09 bits per heavy atom. The first-order chi connectivity index (χ1) is 17.0. The van der Waals surface area contributed by atoms with E-state index in [2.05, 4.69) is 18.7 Å². The molecular formula is C31H24O4. The Morgan fingerprint density at radius 3 is 1.60 bits per heavy atom. The topological polar surface area (TPSA) is 52.6 Å². The highest BCUT2D eigenvalue weighted by Gasteiger charge is 2.06. The zero-order valence-electron chi connectivity index (χ0n) is 19.3. The van der Waals surface area contributed by atoms with Gasteiger partial charge in [-0.15, -0.1) is 0 Å². The second-order valence-corrected chi connectivity index (χ2v) is 7.96. The lowest BCUT2D eigenvalue weighted by molar-refractivity contribution is -0.130. The summed E-state index contributed by atoms with van der Waals surface area (Å²) in [5.41, 5.74) is 5.40. The predicted octanol–water partition coefficient (Wildman–Crippen LogP) is 7.12. The molecule has 35 heavy (non-hydrogen) atoms. The third kappa shape index (κ3) is 6.42. The van der Waals surface area contributed by atoms with Crippen molar-refractivity contribution in [3.63, 3.8) is 0 Å². The maximum atomic E-state index is 12.2. The van der Waals surface area contributed by atoms with Crippen LogP contribution in [0.2, 0.25) is 0 Å². The zero-order valence-corrected chi connectivity index (χ0v) is 19.3. The fraction of sp³-hybridized carbons (Fsp3) is 0.0323. The molecule has 0 fully saturated rings. The summed E-state index contributed by atoms with van der Waals surface area (Å²) in [5.74, 6) is -0.000591. The lowest BCUT2D eigenvalue weighted by Crippen LogP contribution is -2.07. The first-order valence-corrected chi connectivity index (χ1v) is 11.1. The van der Waals surface area contributed by atoms with Gasteiger partial charge in [-0.3, -0.25) is 0 Å². The molecule has 0 amide bonds. The van der Waals surface area contributed by atoms with Crippen LogP contribution in [0.5, 0.6) is 11.5 Å². The van der Waals surface area contributed by atoms with Gasteiger partial charge in [0.1, 0.15) is 11.5 Å². The van der Waals surface area contributed by atoms with Gasteiger partial charge in [0.2, 0.25) is 0 Å². The van der Waals surface area contributed by atoms with Crippen molar-refractivity contribution in [2.45, 2.75) is 6.92 Å². The van der Waals surface area contributed by atoms with Gasteiger partial charge in [-0.25, -0.2) is 9.59 Å². The van der Waals surface area contributed by atoms with E-state index in [1.165, 1.54) is 6.08 Å². The van der Waals surface area contributed by atoms with E-state index in [4.69, 9.17) is 9.47 Å². The van der Waals surface area contributed by atoms with Crippen molar-refractivity contribution < 1.29 is 19.1 Å². The van der Waals surface area contributed by atoms with Crippen LogP contribution in [0.4, 0.5) is 0 Å². The molecule has 0 spiro atoms. The van der Waals surface area contributed by atoms with Crippen LogP contribution in [0.15, 0.2) is 121 Å². The molecule has 172 valence electrons. The minimum atomic E-state index is -0.456. The largest absolute Gasteiger partial charge is 0.423 e. The molecule has 0 saturated heterocycles. The maximum absolute atomic E-state index is 12.2.